The lowest BCUT2D eigenvalue weighted by molar-refractivity contribution is -0.137. The van der Waals surface area contributed by atoms with E-state index in [4.69, 9.17) is 9.68 Å². The van der Waals surface area contributed by atoms with Crippen LogP contribution in [0, 0.1) is 11.3 Å². The third-order valence-electron chi connectivity index (χ3n) is 3.08. The lowest BCUT2D eigenvalue weighted by Gasteiger charge is -2.20. The minimum atomic E-state index is -4.53. The number of halogens is 3. The minimum Gasteiger partial charge on any atom is -0.467 e. The summed E-state index contributed by atoms with van der Waals surface area (Å²) in [5, 5.41) is 11.6. The minimum absolute atomic E-state index is 0.0288. The molecule has 1 aromatic heterocycles. The van der Waals surface area contributed by atoms with Crippen LogP contribution in [0.5, 0.6) is 0 Å². The number of hydrogen-bond donors (Lipinski definition) is 1. The van der Waals surface area contributed by atoms with Crippen LogP contribution in [0.1, 0.15) is 36.3 Å². The maximum atomic E-state index is 13.1. The monoisotopic (exact) mass is 294 g/mol. The van der Waals surface area contributed by atoms with Crippen molar-refractivity contribution in [3.05, 3.63) is 53.5 Å². The number of benzene rings is 1. The van der Waals surface area contributed by atoms with Gasteiger partial charge in [0.15, 0.2) is 0 Å². The summed E-state index contributed by atoms with van der Waals surface area (Å²) in [5.41, 5.74) is -0.949. The zero-order valence-electron chi connectivity index (χ0n) is 11.2. The Hall–Kier alpha value is -2.42. The van der Waals surface area contributed by atoms with Gasteiger partial charge < -0.3 is 9.73 Å². The first-order valence-corrected chi connectivity index (χ1v) is 6.37. The van der Waals surface area contributed by atoms with Crippen LogP contribution in [0.2, 0.25) is 0 Å². The second kappa shape index (κ2) is 5.92. The summed E-state index contributed by atoms with van der Waals surface area (Å²) in [5.74, 6) is 0.565. The van der Waals surface area contributed by atoms with E-state index >= 15 is 0 Å². The van der Waals surface area contributed by atoms with Crippen LogP contribution in [0.15, 0.2) is 41.0 Å². The molecule has 1 N–H and O–H groups in total. The molecule has 1 atom stereocenters. The first-order chi connectivity index (χ1) is 9.95. The first kappa shape index (κ1) is 15.0. The summed E-state index contributed by atoms with van der Waals surface area (Å²) in [6.45, 7) is 1.84. The van der Waals surface area contributed by atoms with E-state index in [2.05, 4.69) is 5.32 Å². The molecule has 0 aliphatic heterocycles. The molecule has 110 valence electrons. The van der Waals surface area contributed by atoms with Crippen molar-refractivity contribution in [2.75, 3.05) is 5.32 Å². The molecule has 2 rings (SSSR count). The third kappa shape index (κ3) is 3.37. The molecule has 0 radical (unpaired) electrons. The molecular weight excluding hydrogens is 281 g/mol. The molecule has 0 bridgehead atoms. The average molecular weight is 294 g/mol. The van der Waals surface area contributed by atoms with Gasteiger partial charge in [-0.05, 0) is 36.8 Å². The van der Waals surface area contributed by atoms with Crippen molar-refractivity contribution in [3.8, 4) is 6.07 Å². The van der Waals surface area contributed by atoms with Crippen LogP contribution in [0.3, 0.4) is 0 Å². The Morgan fingerprint density at radius 2 is 2.10 bits per heavy atom. The quantitative estimate of drug-likeness (QED) is 0.886. The van der Waals surface area contributed by atoms with Crippen LogP contribution in [-0.4, -0.2) is 0 Å². The van der Waals surface area contributed by atoms with Crippen molar-refractivity contribution in [3.63, 3.8) is 0 Å². The second-order valence-electron chi connectivity index (χ2n) is 4.49. The molecule has 0 aliphatic carbocycles. The van der Waals surface area contributed by atoms with Crippen molar-refractivity contribution in [1.82, 2.24) is 0 Å². The van der Waals surface area contributed by atoms with E-state index in [9.17, 15) is 13.2 Å². The van der Waals surface area contributed by atoms with E-state index in [1.807, 2.05) is 6.92 Å². The van der Waals surface area contributed by atoms with Gasteiger partial charge >= 0.3 is 6.18 Å². The summed E-state index contributed by atoms with van der Waals surface area (Å²) >= 11 is 0. The van der Waals surface area contributed by atoms with E-state index in [-0.39, 0.29) is 17.3 Å². The number of alkyl halides is 3. The average Bonchev–Trinajstić information content (AvgIpc) is 2.97. The van der Waals surface area contributed by atoms with E-state index in [0.717, 1.165) is 6.07 Å². The van der Waals surface area contributed by atoms with E-state index in [1.165, 1.54) is 18.4 Å². The molecule has 0 saturated carbocycles. The van der Waals surface area contributed by atoms with Crippen molar-refractivity contribution in [1.29, 1.82) is 5.26 Å². The van der Waals surface area contributed by atoms with Gasteiger partial charge in [0.2, 0.25) is 0 Å². The third-order valence-corrected chi connectivity index (χ3v) is 3.08. The van der Waals surface area contributed by atoms with Gasteiger partial charge in [0.25, 0.3) is 0 Å². The Balaban J connectivity index is 2.37. The molecular formula is C15H13F3N2O. The van der Waals surface area contributed by atoms with Gasteiger partial charge in [0.1, 0.15) is 5.76 Å². The lowest BCUT2D eigenvalue weighted by Crippen LogP contribution is -2.15. The first-order valence-electron chi connectivity index (χ1n) is 6.37. The standard InChI is InChI=1S/C15H13F3N2O/c1-2-12(14-4-3-7-21-14)20-13-6-5-10(9-19)8-11(13)15(16,17)18/h3-8,12,20H,2H2,1H3. The van der Waals surface area contributed by atoms with Crippen LogP contribution in [0.25, 0.3) is 0 Å². The smallest absolute Gasteiger partial charge is 0.418 e. The summed E-state index contributed by atoms with van der Waals surface area (Å²) < 4.78 is 44.5. The second-order valence-corrected chi connectivity index (χ2v) is 4.49. The highest BCUT2D eigenvalue weighted by atomic mass is 19.4. The molecule has 6 heteroatoms. The summed E-state index contributed by atoms with van der Waals surface area (Å²) in [4.78, 5) is 0. The number of nitrogens with one attached hydrogen (secondary N) is 1. The largest absolute Gasteiger partial charge is 0.467 e. The Morgan fingerprint density at radius 1 is 1.33 bits per heavy atom. The molecule has 1 aromatic carbocycles. The molecule has 1 unspecified atom stereocenters. The highest BCUT2D eigenvalue weighted by Gasteiger charge is 2.34. The number of nitrogens with zero attached hydrogens (tertiary/aromatic N) is 1. The lowest BCUT2D eigenvalue weighted by atomic mass is 10.1. The summed E-state index contributed by atoms with van der Waals surface area (Å²) in [6.07, 6.45) is -2.50. The zero-order valence-corrected chi connectivity index (χ0v) is 11.2. The Kier molecular flexibility index (Phi) is 4.22. The van der Waals surface area contributed by atoms with E-state index in [1.54, 1.807) is 18.2 Å². The Bertz CT molecular complexity index is 642. The highest BCUT2D eigenvalue weighted by molar-refractivity contribution is 5.57. The van der Waals surface area contributed by atoms with E-state index < -0.39 is 11.7 Å². The molecule has 1 heterocycles. The molecule has 0 saturated heterocycles. The normalized spacial score (nSPS) is 12.7. The molecule has 0 aliphatic rings. The van der Waals surface area contributed by atoms with Gasteiger partial charge in [-0.1, -0.05) is 6.92 Å². The van der Waals surface area contributed by atoms with Crippen LogP contribution >= 0.6 is 0 Å². The van der Waals surface area contributed by atoms with Crippen LogP contribution in [-0.2, 0) is 6.18 Å². The number of furan rings is 1. The Labute approximate surface area is 120 Å². The van der Waals surface area contributed by atoms with Gasteiger partial charge in [-0.3, -0.25) is 0 Å². The fourth-order valence-electron chi connectivity index (χ4n) is 2.03. The zero-order chi connectivity index (χ0) is 15.5. The number of hydrogen-bond acceptors (Lipinski definition) is 3. The van der Waals surface area contributed by atoms with Crippen LogP contribution < -0.4 is 5.32 Å². The fraction of sp³-hybridized carbons (Fsp3) is 0.267. The predicted molar refractivity (Wildman–Crippen MR) is 71.5 cm³/mol. The SMILES string of the molecule is CCC(Nc1ccc(C#N)cc1C(F)(F)F)c1ccco1. The Morgan fingerprint density at radius 3 is 2.62 bits per heavy atom. The van der Waals surface area contributed by atoms with Crippen molar-refractivity contribution in [2.45, 2.75) is 25.6 Å². The van der Waals surface area contributed by atoms with E-state index in [0.29, 0.717) is 12.2 Å². The van der Waals surface area contributed by atoms with Gasteiger partial charge in [-0.25, -0.2) is 0 Å². The maximum absolute atomic E-state index is 13.1. The number of anilines is 1. The van der Waals surface area contributed by atoms with Gasteiger partial charge in [0.05, 0.1) is 29.5 Å². The topological polar surface area (TPSA) is 49.0 Å². The fourth-order valence-corrected chi connectivity index (χ4v) is 2.03. The molecule has 0 spiro atoms. The van der Waals surface area contributed by atoms with Crippen molar-refractivity contribution in [2.24, 2.45) is 0 Å². The van der Waals surface area contributed by atoms with Crippen molar-refractivity contribution >= 4 is 5.69 Å². The molecule has 2 aromatic rings. The summed E-state index contributed by atoms with van der Waals surface area (Å²) in [6, 6.07) is 8.21. The van der Waals surface area contributed by atoms with Gasteiger partial charge in [-0.15, -0.1) is 0 Å². The summed E-state index contributed by atoms with van der Waals surface area (Å²) in [7, 11) is 0. The number of nitriles is 1. The molecule has 3 nitrogen and oxygen atoms in total. The maximum Gasteiger partial charge on any atom is 0.418 e. The van der Waals surface area contributed by atoms with Crippen molar-refractivity contribution < 1.29 is 17.6 Å². The molecule has 21 heavy (non-hydrogen) atoms. The highest BCUT2D eigenvalue weighted by Crippen LogP contribution is 2.37. The molecule has 0 fully saturated rings. The van der Waals surface area contributed by atoms with Gasteiger partial charge in [0, 0.05) is 5.69 Å². The van der Waals surface area contributed by atoms with Crippen LogP contribution in [0.4, 0.5) is 18.9 Å². The van der Waals surface area contributed by atoms with Gasteiger partial charge in [-0.2, -0.15) is 18.4 Å². The molecule has 0 amide bonds. The predicted octanol–water partition coefficient (Wildman–Crippen LogP) is 4.73. The number of rotatable bonds is 4.